The number of hydrogen-bond acceptors (Lipinski definition) is 3. The number of hydrogen-bond donors (Lipinski definition) is 1. The van der Waals surface area contributed by atoms with Crippen LogP contribution < -0.4 is 10.9 Å². The summed E-state index contributed by atoms with van der Waals surface area (Å²) < 4.78 is 1.40. The predicted octanol–water partition coefficient (Wildman–Crippen LogP) is 2.54. The van der Waals surface area contributed by atoms with Crippen LogP contribution in [-0.4, -0.2) is 21.5 Å². The van der Waals surface area contributed by atoms with Crippen LogP contribution in [0.2, 0.25) is 0 Å². The average molecular weight is 313 g/mol. The molecule has 0 saturated heterocycles. The maximum atomic E-state index is 12.5. The summed E-state index contributed by atoms with van der Waals surface area (Å²) in [7, 11) is 0. The van der Waals surface area contributed by atoms with Gasteiger partial charge in [-0.2, -0.15) is 0 Å². The molecule has 3 rings (SSSR count). The molecule has 1 aromatic carbocycles. The Morgan fingerprint density at radius 1 is 1.26 bits per heavy atom. The van der Waals surface area contributed by atoms with E-state index in [9.17, 15) is 9.59 Å². The Morgan fingerprint density at radius 3 is 2.74 bits per heavy atom. The van der Waals surface area contributed by atoms with Gasteiger partial charge in [-0.15, -0.1) is 0 Å². The number of fused-ring (bicyclic) bond motifs is 1. The van der Waals surface area contributed by atoms with Crippen LogP contribution in [0.25, 0.3) is 10.9 Å². The Morgan fingerprint density at radius 2 is 2.00 bits per heavy atom. The second-order valence-electron chi connectivity index (χ2n) is 6.40. The standard InChI is InChI=1S/C18H23N3O2/c1-13-7-6-10-15-17(13)19-12-21(18(15)23)11-16(22)20-14-8-4-2-3-5-9-14/h6-7,10,12,14H,2-5,8-9,11H2,1H3,(H,20,22). The van der Waals surface area contributed by atoms with Crippen LogP contribution in [0.15, 0.2) is 29.3 Å². The van der Waals surface area contributed by atoms with Gasteiger partial charge in [-0.1, -0.05) is 37.8 Å². The molecule has 1 heterocycles. The largest absolute Gasteiger partial charge is 0.352 e. The van der Waals surface area contributed by atoms with Crippen LogP contribution >= 0.6 is 0 Å². The lowest BCUT2D eigenvalue weighted by molar-refractivity contribution is -0.122. The highest BCUT2D eigenvalue weighted by Gasteiger charge is 2.15. The fourth-order valence-electron chi connectivity index (χ4n) is 3.30. The Balaban J connectivity index is 1.74. The molecule has 1 aromatic heterocycles. The summed E-state index contributed by atoms with van der Waals surface area (Å²) in [4.78, 5) is 29.1. The molecule has 1 aliphatic rings. The maximum absolute atomic E-state index is 12.5. The third-order valence-electron chi connectivity index (χ3n) is 4.59. The van der Waals surface area contributed by atoms with Crippen LogP contribution in [0, 0.1) is 6.92 Å². The molecular formula is C18H23N3O2. The third-order valence-corrected chi connectivity index (χ3v) is 4.59. The Hall–Kier alpha value is -2.17. The van der Waals surface area contributed by atoms with E-state index in [1.165, 1.54) is 36.6 Å². The van der Waals surface area contributed by atoms with E-state index in [0.717, 1.165) is 18.4 Å². The number of amides is 1. The first-order chi connectivity index (χ1) is 11.1. The molecule has 23 heavy (non-hydrogen) atoms. The zero-order valence-electron chi connectivity index (χ0n) is 13.5. The minimum absolute atomic E-state index is 0.0339. The average Bonchev–Trinajstić information content (AvgIpc) is 2.79. The molecule has 1 fully saturated rings. The second kappa shape index (κ2) is 6.94. The van der Waals surface area contributed by atoms with Gasteiger partial charge >= 0.3 is 0 Å². The van der Waals surface area contributed by atoms with Crippen molar-refractivity contribution in [2.75, 3.05) is 0 Å². The highest BCUT2D eigenvalue weighted by Crippen LogP contribution is 2.17. The first-order valence-electron chi connectivity index (χ1n) is 8.39. The van der Waals surface area contributed by atoms with Gasteiger partial charge in [0.1, 0.15) is 6.54 Å². The number of aromatic nitrogens is 2. The van der Waals surface area contributed by atoms with Crippen LogP contribution in [0.3, 0.4) is 0 Å². The minimum Gasteiger partial charge on any atom is -0.352 e. The van der Waals surface area contributed by atoms with E-state index in [2.05, 4.69) is 10.3 Å². The molecule has 0 bridgehead atoms. The molecule has 0 radical (unpaired) electrons. The molecule has 5 heteroatoms. The fraction of sp³-hybridized carbons (Fsp3) is 0.500. The SMILES string of the molecule is Cc1cccc2c(=O)n(CC(=O)NC3CCCCCC3)cnc12. The van der Waals surface area contributed by atoms with Crippen LogP contribution in [0.1, 0.15) is 44.1 Å². The number of para-hydroxylation sites is 1. The molecule has 1 amide bonds. The molecule has 122 valence electrons. The molecule has 0 spiro atoms. The summed E-state index contributed by atoms with van der Waals surface area (Å²) >= 11 is 0. The number of aryl methyl sites for hydroxylation is 1. The first kappa shape index (κ1) is 15.7. The van der Waals surface area contributed by atoms with Gasteiger partial charge in [-0.25, -0.2) is 4.98 Å². The van der Waals surface area contributed by atoms with Crippen LogP contribution in [0.5, 0.6) is 0 Å². The smallest absolute Gasteiger partial charge is 0.261 e. The van der Waals surface area contributed by atoms with Crippen molar-refractivity contribution in [2.45, 2.75) is 58.0 Å². The van der Waals surface area contributed by atoms with Gasteiger partial charge in [-0.3, -0.25) is 14.2 Å². The van der Waals surface area contributed by atoms with E-state index in [-0.39, 0.29) is 24.1 Å². The second-order valence-corrected chi connectivity index (χ2v) is 6.40. The van der Waals surface area contributed by atoms with Crippen LogP contribution in [0.4, 0.5) is 0 Å². The minimum atomic E-state index is -0.158. The van der Waals surface area contributed by atoms with Crippen molar-refractivity contribution in [1.82, 2.24) is 14.9 Å². The molecule has 0 aliphatic heterocycles. The third kappa shape index (κ3) is 3.60. The van der Waals surface area contributed by atoms with Gasteiger partial charge < -0.3 is 5.32 Å². The lowest BCUT2D eigenvalue weighted by Crippen LogP contribution is -2.38. The van der Waals surface area contributed by atoms with Gasteiger partial charge in [0.15, 0.2) is 0 Å². The number of nitrogens with one attached hydrogen (secondary N) is 1. The Labute approximate surface area is 135 Å². The summed E-state index contributed by atoms with van der Waals surface area (Å²) in [6, 6.07) is 5.78. The zero-order valence-corrected chi connectivity index (χ0v) is 13.5. The van der Waals surface area contributed by atoms with Gasteiger partial charge in [0.05, 0.1) is 17.2 Å². The van der Waals surface area contributed by atoms with Crippen molar-refractivity contribution < 1.29 is 4.79 Å². The Kier molecular flexibility index (Phi) is 4.74. The summed E-state index contributed by atoms with van der Waals surface area (Å²) in [6.45, 7) is 1.96. The van der Waals surface area contributed by atoms with E-state index in [1.54, 1.807) is 6.07 Å². The van der Waals surface area contributed by atoms with Gasteiger partial charge in [0.2, 0.25) is 5.91 Å². The summed E-state index contributed by atoms with van der Waals surface area (Å²) in [5, 5.41) is 3.63. The maximum Gasteiger partial charge on any atom is 0.261 e. The van der Waals surface area contributed by atoms with Gasteiger partial charge in [0, 0.05) is 6.04 Å². The van der Waals surface area contributed by atoms with Crippen molar-refractivity contribution in [3.8, 4) is 0 Å². The number of rotatable bonds is 3. The van der Waals surface area contributed by atoms with Crippen molar-refractivity contribution >= 4 is 16.8 Å². The topological polar surface area (TPSA) is 64.0 Å². The van der Waals surface area contributed by atoms with Gasteiger partial charge in [-0.05, 0) is 31.4 Å². The summed E-state index contributed by atoms with van der Waals surface area (Å²) in [6.07, 6.45) is 8.39. The zero-order chi connectivity index (χ0) is 16.2. The van der Waals surface area contributed by atoms with Crippen molar-refractivity contribution in [1.29, 1.82) is 0 Å². The van der Waals surface area contributed by atoms with E-state index < -0.39 is 0 Å². The Bertz CT molecular complexity index is 758. The van der Waals surface area contributed by atoms with Gasteiger partial charge in [0.25, 0.3) is 5.56 Å². The van der Waals surface area contributed by atoms with Crippen LogP contribution in [-0.2, 0) is 11.3 Å². The predicted molar refractivity (Wildman–Crippen MR) is 90.4 cm³/mol. The number of carbonyl (C=O) groups is 1. The van der Waals surface area contributed by atoms with E-state index in [0.29, 0.717) is 10.9 Å². The normalized spacial score (nSPS) is 16.2. The van der Waals surface area contributed by atoms with Crippen molar-refractivity contribution in [3.63, 3.8) is 0 Å². The van der Waals surface area contributed by atoms with E-state index in [1.807, 2.05) is 19.1 Å². The highest BCUT2D eigenvalue weighted by molar-refractivity contribution is 5.81. The quantitative estimate of drug-likeness (QED) is 0.886. The molecule has 0 unspecified atom stereocenters. The number of carbonyl (C=O) groups excluding carboxylic acids is 1. The van der Waals surface area contributed by atoms with E-state index >= 15 is 0 Å². The lowest BCUT2D eigenvalue weighted by Gasteiger charge is -2.16. The first-order valence-corrected chi connectivity index (χ1v) is 8.39. The van der Waals surface area contributed by atoms with Crippen molar-refractivity contribution in [2.24, 2.45) is 0 Å². The molecule has 1 saturated carbocycles. The molecule has 1 N–H and O–H groups in total. The summed E-state index contributed by atoms with van der Waals surface area (Å²) in [5.74, 6) is -0.104. The highest BCUT2D eigenvalue weighted by atomic mass is 16.2. The molecule has 1 aliphatic carbocycles. The number of nitrogens with zero attached hydrogens (tertiary/aromatic N) is 2. The molecule has 2 aromatic rings. The van der Waals surface area contributed by atoms with Crippen molar-refractivity contribution in [3.05, 3.63) is 40.4 Å². The molecule has 5 nitrogen and oxygen atoms in total. The lowest BCUT2D eigenvalue weighted by atomic mass is 10.1. The molecular weight excluding hydrogens is 290 g/mol. The van der Waals surface area contributed by atoms with E-state index in [4.69, 9.17) is 0 Å². The summed E-state index contributed by atoms with van der Waals surface area (Å²) in [5.41, 5.74) is 1.52. The number of benzene rings is 1. The molecule has 0 atom stereocenters. The monoisotopic (exact) mass is 313 g/mol. The fourth-order valence-corrected chi connectivity index (χ4v) is 3.30.